The molecule has 2 aliphatic rings. The van der Waals surface area contributed by atoms with E-state index in [0.29, 0.717) is 25.1 Å². The molecular formula is C24H29BFNO4. The molecule has 2 heterocycles. The number of ether oxygens (including phenoxy) is 1. The minimum Gasteiger partial charge on any atom is -0.494 e. The fraction of sp³-hybridized carbons (Fsp3) is 0.458. The molecule has 2 aromatic rings. The molecule has 164 valence electrons. The first kappa shape index (κ1) is 21.8. The largest absolute Gasteiger partial charge is 0.495 e. The van der Waals surface area contributed by atoms with Crippen molar-refractivity contribution in [2.45, 2.75) is 58.8 Å². The zero-order valence-electron chi connectivity index (χ0n) is 19.0. The molecular weight excluding hydrogens is 396 g/mol. The van der Waals surface area contributed by atoms with Crippen molar-refractivity contribution in [1.29, 1.82) is 0 Å². The first-order valence-corrected chi connectivity index (χ1v) is 10.6. The Bertz CT molecular complexity index is 1020. The van der Waals surface area contributed by atoms with Crippen LogP contribution in [0, 0.1) is 12.7 Å². The van der Waals surface area contributed by atoms with Crippen LogP contribution in [0.2, 0.25) is 0 Å². The molecule has 7 heteroatoms. The number of carbonyl (C=O) groups excluding carboxylic acids is 1. The van der Waals surface area contributed by atoms with Gasteiger partial charge in [-0.1, -0.05) is 17.7 Å². The summed E-state index contributed by atoms with van der Waals surface area (Å²) in [4.78, 5) is 15.1. The third-order valence-electron chi connectivity index (χ3n) is 6.67. The van der Waals surface area contributed by atoms with E-state index in [0.717, 1.165) is 22.2 Å². The first-order valence-electron chi connectivity index (χ1n) is 10.6. The zero-order chi connectivity index (χ0) is 22.6. The number of carbonyl (C=O) groups is 1. The van der Waals surface area contributed by atoms with Crippen molar-refractivity contribution in [2.24, 2.45) is 0 Å². The second-order valence-corrected chi connectivity index (χ2v) is 9.41. The fourth-order valence-corrected chi connectivity index (χ4v) is 4.19. The van der Waals surface area contributed by atoms with Gasteiger partial charge in [0.15, 0.2) is 11.6 Å². The summed E-state index contributed by atoms with van der Waals surface area (Å²) >= 11 is 0. The number of halogens is 1. The highest BCUT2D eigenvalue weighted by Crippen LogP contribution is 2.37. The number of aryl methyl sites for hydroxylation is 1. The van der Waals surface area contributed by atoms with Crippen LogP contribution >= 0.6 is 0 Å². The van der Waals surface area contributed by atoms with Crippen LogP contribution in [0.5, 0.6) is 5.75 Å². The Labute approximate surface area is 183 Å². The summed E-state index contributed by atoms with van der Waals surface area (Å²) in [6.45, 7) is 11.1. The number of amides is 1. The van der Waals surface area contributed by atoms with Gasteiger partial charge in [0.2, 0.25) is 0 Å². The smallest absolute Gasteiger partial charge is 0.494 e. The second-order valence-electron chi connectivity index (χ2n) is 9.41. The van der Waals surface area contributed by atoms with Gasteiger partial charge >= 0.3 is 7.12 Å². The molecule has 2 aliphatic heterocycles. The van der Waals surface area contributed by atoms with Crippen molar-refractivity contribution >= 4 is 18.5 Å². The van der Waals surface area contributed by atoms with Crippen molar-refractivity contribution in [2.75, 3.05) is 13.7 Å². The maximum Gasteiger partial charge on any atom is 0.495 e. The minimum atomic E-state index is -0.501. The molecule has 0 spiro atoms. The van der Waals surface area contributed by atoms with Gasteiger partial charge in [0.05, 0.1) is 18.3 Å². The minimum absolute atomic E-state index is 0.0361. The number of hydrogen-bond acceptors (Lipinski definition) is 4. The molecule has 1 fully saturated rings. The van der Waals surface area contributed by atoms with Crippen LogP contribution in [0.4, 0.5) is 4.39 Å². The summed E-state index contributed by atoms with van der Waals surface area (Å²) in [6.07, 6.45) is 0.707. The van der Waals surface area contributed by atoms with E-state index in [1.54, 1.807) is 17.0 Å². The summed E-state index contributed by atoms with van der Waals surface area (Å²) in [5.41, 5.74) is 3.54. The Balaban J connectivity index is 1.63. The highest BCUT2D eigenvalue weighted by atomic mass is 19.1. The number of fused-ring (bicyclic) bond motifs is 1. The quantitative estimate of drug-likeness (QED) is 0.702. The van der Waals surface area contributed by atoms with Gasteiger partial charge in [0.25, 0.3) is 5.91 Å². The Morgan fingerprint density at radius 2 is 1.81 bits per heavy atom. The molecule has 0 aliphatic carbocycles. The molecule has 0 unspecified atom stereocenters. The van der Waals surface area contributed by atoms with Crippen molar-refractivity contribution < 1.29 is 23.2 Å². The van der Waals surface area contributed by atoms with E-state index >= 15 is 0 Å². The van der Waals surface area contributed by atoms with E-state index in [1.807, 2.05) is 40.7 Å². The summed E-state index contributed by atoms with van der Waals surface area (Å²) in [7, 11) is 0.934. The number of benzene rings is 2. The highest BCUT2D eigenvalue weighted by Gasteiger charge is 2.52. The third kappa shape index (κ3) is 3.85. The first-order chi connectivity index (χ1) is 14.5. The SMILES string of the molecule is COc1cc(CN2CCc3c(B4OC(C)(C)C(C)(C)O4)cc(C)cc3C2=O)ccc1F. The number of methoxy groups -OCH3 is 1. The van der Waals surface area contributed by atoms with E-state index in [2.05, 4.69) is 6.07 Å². The Morgan fingerprint density at radius 3 is 2.45 bits per heavy atom. The summed E-state index contributed by atoms with van der Waals surface area (Å²) in [5.74, 6) is -0.267. The summed E-state index contributed by atoms with van der Waals surface area (Å²) < 4.78 is 31.4. The second kappa shape index (κ2) is 7.64. The van der Waals surface area contributed by atoms with Gasteiger partial charge in [-0.2, -0.15) is 0 Å². The van der Waals surface area contributed by atoms with Gasteiger partial charge in [-0.05, 0) is 75.8 Å². The number of hydrogen-bond donors (Lipinski definition) is 0. The lowest BCUT2D eigenvalue weighted by molar-refractivity contribution is 0.00578. The van der Waals surface area contributed by atoms with Crippen molar-refractivity contribution in [3.05, 3.63) is 58.4 Å². The molecule has 31 heavy (non-hydrogen) atoms. The van der Waals surface area contributed by atoms with E-state index in [-0.39, 0.29) is 11.7 Å². The molecule has 1 saturated heterocycles. The van der Waals surface area contributed by atoms with Crippen molar-refractivity contribution in [1.82, 2.24) is 4.90 Å². The average Bonchev–Trinajstić information content (AvgIpc) is 2.92. The van der Waals surface area contributed by atoms with Crippen molar-refractivity contribution in [3.63, 3.8) is 0 Å². The van der Waals surface area contributed by atoms with Crippen LogP contribution in [-0.4, -0.2) is 42.8 Å². The van der Waals surface area contributed by atoms with Gasteiger partial charge in [-0.3, -0.25) is 4.79 Å². The summed E-state index contributed by atoms with van der Waals surface area (Å²) in [6, 6.07) is 8.70. The van der Waals surface area contributed by atoms with Gasteiger partial charge in [0, 0.05) is 18.7 Å². The lowest BCUT2D eigenvalue weighted by atomic mass is 9.72. The summed E-state index contributed by atoms with van der Waals surface area (Å²) in [5, 5.41) is 0. The number of nitrogens with zero attached hydrogens (tertiary/aromatic N) is 1. The maximum absolute atomic E-state index is 13.7. The van der Waals surface area contributed by atoms with E-state index < -0.39 is 24.1 Å². The van der Waals surface area contributed by atoms with E-state index in [4.69, 9.17) is 14.0 Å². The third-order valence-corrected chi connectivity index (χ3v) is 6.67. The number of rotatable bonds is 4. The normalized spacial score (nSPS) is 19.5. The molecule has 4 rings (SSSR count). The van der Waals surface area contributed by atoms with Gasteiger partial charge in [-0.15, -0.1) is 0 Å². The monoisotopic (exact) mass is 425 g/mol. The molecule has 0 N–H and O–H groups in total. The Kier molecular flexibility index (Phi) is 5.38. The van der Waals surface area contributed by atoms with Crippen LogP contribution in [0.25, 0.3) is 0 Å². The molecule has 1 amide bonds. The lowest BCUT2D eigenvalue weighted by Gasteiger charge is -2.32. The maximum atomic E-state index is 13.7. The molecule has 0 aromatic heterocycles. The molecule has 2 aromatic carbocycles. The average molecular weight is 425 g/mol. The Morgan fingerprint density at radius 1 is 1.13 bits per heavy atom. The predicted octanol–water partition coefficient (Wildman–Crippen LogP) is 3.64. The van der Waals surface area contributed by atoms with Crippen LogP contribution < -0.4 is 10.2 Å². The zero-order valence-corrected chi connectivity index (χ0v) is 19.0. The van der Waals surface area contributed by atoms with Gasteiger partial charge < -0.3 is 18.9 Å². The van der Waals surface area contributed by atoms with Crippen LogP contribution in [0.3, 0.4) is 0 Å². The molecule has 0 bridgehead atoms. The standard InChI is InChI=1S/C24H29BFNO4/c1-15-11-18-17(19(12-15)25-30-23(2,3)24(4,5)31-25)9-10-27(22(18)28)14-16-7-8-20(26)21(13-16)29-6/h7-8,11-13H,9-10,14H2,1-6H3. The molecule has 5 nitrogen and oxygen atoms in total. The topological polar surface area (TPSA) is 48.0 Å². The molecule has 0 radical (unpaired) electrons. The van der Waals surface area contributed by atoms with E-state index in [9.17, 15) is 9.18 Å². The van der Waals surface area contributed by atoms with Gasteiger partial charge in [-0.25, -0.2) is 4.39 Å². The van der Waals surface area contributed by atoms with Crippen LogP contribution in [0.1, 0.15) is 54.7 Å². The van der Waals surface area contributed by atoms with Crippen LogP contribution in [0.15, 0.2) is 30.3 Å². The van der Waals surface area contributed by atoms with Crippen molar-refractivity contribution in [3.8, 4) is 5.75 Å². The fourth-order valence-electron chi connectivity index (χ4n) is 4.19. The highest BCUT2D eigenvalue weighted by molar-refractivity contribution is 6.63. The van der Waals surface area contributed by atoms with Gasteiger partial charge in [0.1, 0.15) is 0 Å². The Hall–Kier alpha value is -2.38. The van der Waals surface area contributed by atoms with E-state index in [1.165, 1.54) is 13.2 Å². The lowest BCUT2D eigenvalue weighted by Crippen LogP contribution is -2.44. The molecule has 0 atom stereocenters. The van der Waals surface area contributed by atoms with Crippen LogP contribution in [-0.2, 0) is 22.3 Å². The predicted molar refractivity (Wildman–Crippen MR) is 118 cm³/mol. The molecule has 0 saturated carbocycles.